The maximum absolute atomic E-state index is 12.0. The third-order valence-electron chi connectivity index (χ3n) is 3.49. The van der Waals surface area contributed by atoms with Crippen molar-refractivity contribution in [2.24, 2.45) is 11.7 Å². The number of rotatable bonds is 5. The quantitative estimate of drug-likeness (QED) is 0.805. The van der Waals surface area contributed by atoms with Gasteiger partial charge >= 0.3 is 0 Å². The van der Waals surface area contributed by atoms with E-state index in [4.69, 9.17) is 5.73 Å². The second-order valence-electron chi connectivity index (χ2n) is 5.09. The van der Waals surface area contributed by atoms with Crippen molar-refractivity contribution in [1.29, 1.82) is 0 Å². The van der Waals surface area contributed by atoms with Gasteiger partial charge in [0.25, 0.3) is 0 Å². The highest BCUT2D eigenvalue weighted by atomic mass is 16.2. The zero-order chi connectivity index (χ0) is 13.1. The van der Waals surface area contributed by atoms with Crippen LogP contribution in [-0.4, -0.2) is 22.8 Å². The molecule has 2 amide bonds. The van der Waals surface area contributed by atoms with Gasteiger partial charge in [-0.3, -0.25) is 9.59 Å². The first-order valence-electron chi connectivity index (χ1n) is 6.59. The van der Waals surface area contributed by atoms with Gasteiger partial charge in [0.2, 0.25) is 11.8 Å². The van der Waals surface area contributed by atoms with Crippen molar-refractivity contribution in [2.75, 3.05) is 0 Å². The molecule has 0 aromatic carbocycles. The van der Waals surface area contributed by atoms with E-state index in [2.05, 4.69) is 0 Å². The molecule has 0 spiro atoms. The number of carbonyl (C=O) groups excluding carboxylic acids is 2. The molecule has 2 N–H and O–H groups in total. The van der Waals surface area contributed by atoms with E-state index in [-0.39, 0.29) is 5.91 Å². The van der Waals surface area contributed by atoms with Gasteiger partial charge < -0.3 is 10.6 Å². The number of carbonyl (C=O) groups is 2. The van der Waals surface area contributed by atoms with Gasteiger partial charge in [0, 0.05) is 12.6 Å². The summed E-state index contributed by atoms with van der Waals surface area (Å²) in [7, 11) is 0. The highest BCUT2D eigenvalue weighted by Gasteiger charge is 2.28. The Balaban J connectivity index is 2.18. The first-order valence-corrected chi connectivity index (χ1v) is 6.59. The van der Waals surface area contributed by atoms with Crippen LogP contribution in [0.15, 0.2) is 23.9 Å². The summed E-state index contributed by atoms with van der Waals surface area (Å²) in [5.74, 6) is 0.266. The number of amides is 2. The Hall–Kier alpha value is -1.58. The Bertz CT molecular complexity index is 408. The first-order chi connectivity index (χ1) is 8.61. The zero-order valence-electron chi connectivity index (χ0n) is 10.8. The van der Waals surface area contributed by atoms with Gasteiger partial charge in [-0.05, 0) is 37.2 Å². The maximum atomic E-state index is 12.0. The average Bonchev–Trinajstić information content (AvgIpc) is 3.11. The van der Waals surface area contributed by atoms with Gasteiger partial charge in [-0.15, -0.1) is 0 Å². The Labute approximate surface area is 108 Å². The number of hydrogen-bond donors (Lipinski definition) is 1. The third-order valence-corrected chi connectivity index (χ3v) is 3.49. The van der Waals surface area contributed by atoms with Crippen LogP contribution >= 0.6 is 0 Å². The molecule has 0 saturated heterocycles. The molecule has 0 bridgehead atoms. The number of nitrogens with two attached hydrogens (primary N) is 1. The predicted octanol–water partition coefficient (Wildman–Crippen LogP) is 1.72. The molecule has 4 nitrogen and oxygen atoms in total. The van der Waals surface area contributed by atoms with Crippen LogP contribution in [-0.2, 0) is 9.59 Å². The molecule has 0 aromatic rings. The first kappa shape index (κ1) is 12.9. The maximum Gasteiger partial charge on any atom is 0.240 e. The Morgan fingerprint density at radius 3 is 2.83 bits per heavy atom. The van der Waals surface area contributed by atoms with E-state index in [1.165, 1.54) is 17.7 Å². The van der Waals surface area contributed by atoms with Crippen molar-refractivity contribution < 1.29 is 9.59 Å². The lowest BCUT2D eigenvalue weighted by Crippen LogP contribution is -2.44. The van der Waals surface area contributed by atoms with E-state index in [0.29, 0.717) is 12.8 Å². The highest BCUT2D eigenvalue weighted by molar-refractivity contribution is 5.88. The Morgan fingerprint density at radius 1 is 1.56 bits per heavy atom. The van der Waals surface area contributed by atoms with E-state index >= 15 is 0 Å². The van der Waals surface area contributed by atoms with Crippen LogP contribution < -0.4 is 5.73 Å². The molecule has 18 heavy (non-hydrogen) atoms. The SMILES string of the molecule is CCC(C(N)=O)N1C=C(CC2CC2)C=CCC1=O. The monoisotopic (exact) mass is 248 g/mol. The molecule has 1 fully saturated rings. The number of allylic oxidation sites excluding steroid dienone is 2. The molecular weight excluding hydrogens is 228 g/mol. The summed E-state index contributed by atoms with van der Waals surface area (Å²) in [5.41, 5.74) is 6.50. The smallest absolute Gasteiger partial charge is 0.240 e. The molecule has 4 heteroatoms. The molecule has 1 heterocycles. The van der Waals surface area contributed by atoms with E-state index in [1.54, 1.807) is 0 Å². The van der Waals surface area contributed by atoms with Crippen molar-refractivity contribution in [3.8, 4) is 0 Å². The minimum Gasteiger partial charge on any atom is -0.368 e. The van der Waals surface area contributed by atoms with E-state index in [1.807, 2.05) is 25.3 Å². The highest BCUT2D eigenvalue weighted by Crippen LogP contribution is 2.36. The molecule has 0 radical (unpaired) electrons. The summed E-state index contributed by atoms with van der Waals surface area (Å²) in [5, 5.41) is 0. The summed E-state index contributed by atoms with van der Waals surface area (Å²) >= 11 is 0. The molecule has 98 valence electrons. The lowest BCUT2D eigenvalue weighted by atomic mass is 10.1. The molecule has 1 aliphatic heterocycles. The fourth-order valence-electron chi connectivity index (χ4n) is 2.29. The third kappa shape index (κ3) is 3.00. The van der Waals surface area contributed by atoms with Crippen LogP contribution in [0.2, 0.25) is 0 Å². The van der Waals surface area contributed by atoms with Gasteiger partial charge in [-0.1, -0.05) is 19.1 Å². The lowest BCUT2D eigenvalue weighted by Gasteiger charge is -2.25. The minimum atomic E-state index is -0.522. The van der Waals surface area contributed by atoms with Gasteiger partial charge in [0.1, 0.15) is 6.04 Å². The molecule has 2 aliphatic rings. The second-order valence-corrected chi connectivity index (χ2v) is 5.09. The number of hydrogen-bond acceptors (Lipinski definition) is 2. The second kappa shape index (κ2) is 5.38. The largest absolute Gasteiger partial charge is 0.368 e. The Morgan fingerprint density at radius 2 is 2.28 bits per heavy atom. The van der Waals surface area contributed by atoms with Crippen molar-refractivity contribution in [3.63, 3.8) is 0 Å². The van der Waals surface area contributed by atoms with Crippen LogP contribution in [0, 0.1) is 5.92 Å². The molecular formula is C14H20N2O2. The summed E-state index contributed by atoms with van der Waals surface area (Å²) in [6, 6.07) is -0.522. The van der Waals surface area contributed by atoms with Crippen LogP contribution in [0.1, 0.15) is 39.0 Å². The van der Waals surface area contributed by atoms with Gasteiger partial charge in [-0.25, -0.2) is 0 Å². The van der Waals surface area contributed by atoms with Crippen LogP contribution in [0.4, 0.5) is 0 Å². The minimum absolute atomic E-state index is 0.0531. The topological polar surface area (TPSA) is 63.4 Å². The van der Waals surface area contributed by atoms with E-state index in [9.17, 15) is 9.59 Å². The van der Waals surface area contributed by atoms with Gasteiger partial charge in [-0.2, -0.15) is 0 Å². The van der Waals surface area contributed by atoms with Crippen LogP contribution in [0.5, 0.6) is 0 Å². The summed E-state index contributed by atoms with van der Waals surface area (Å²) in [4.78, 5) is 24.9. The fourth-order valence-corrected chi connectivity index (χ4v) is 2.29. The zero-order valence-corrected chi connectivity index (χ0v) is 10.8. The van der Waals surface area contributed by atoms with Crippen LogP contribution in [0.3, 0.4) is 0 Å². The van der Waals surface area contributed by atoms with Crippen molar-refractivity contribution in [1.82, 2.24) is 4.90 Å². The average molecular weight is 248 g/mol. The molecule has 2 rings (SSSR count). The number of nitrogens with zero attached hydrogens (tertiary/aromatic N) is 1. The van der Waals surface area contributed by atoms with E-state index in [0.717, 1.165) is 17.9 Å². The molecule has 1 unspecified atom stereocenters. The van der Waals surface area contributed by atoms with Crippen LogP contribution in [0.25, 0.3) is 0 Å². The standard InChI is InChI=1S/C14H20N2O2/c1-2-12(14(15)18)16-9-11(8-10-6-7-10)4-3-5-13(16)17/h3-4,9-10,12H,2,5-8H2,1H3,(H2,15,18). The summed E-state index contributed by atoms with van der Waals surface area (Å²) in [6.07, 6.45) is 10.1. The van der Waals surface area contributed by atoms with Crippen molar-refractivity contribution >= 4 is 11.8 Å². The predicted molar refractivity (Wildman–Crippen MR) is 69.3 cm³/mol. The van der Waals surface area contributed by atoms with E-state index < -0.39 is 11.9 Å². The number of primary amides is 1. The van der Waals surface area contributed by atoms with Gasteiger partial charge in [0.05, 0.1) is 0 Å². The lowest BCUT2D eigenvalue weighted by molar-refractivity contribution is -0.135. The van der Waals surface area contributed by atoms with Gasteiger partial charge in [0.15, 0.2) is 0 Å². The molecule has 1 saturated carbocycles. The molecule has 1 atom stereocenters. The summed E-state index contributed by atoms with van der Waals surface area (Å²) < 4.78 is 0. The van der Waals surface area contributed by atoms with Crippen molar-refractivity contribution in [2.45, 2.75) is 45.1 Å². The molecule has 0 aromatic heterocycles. The molecule has 1 aliphatic carbocycles. The fraction of sp³-hybridized carbons (Fsp3) is 0.571. The Kier molecular flexibility index (Phi) is 3.84. The normalized spacial score (nSPS) is 21.5. The summed E-state index contributed by atoms with van der Waals surface area (Å²) in [6.45, 7) is 1.87. The van der Waals surface area contributed by atoms with Crippen molar-refractivity contribution in [3.05, 3.63) is 23.9 Å².